The van der Waals surface area contributed by atoms with Gasteiger partial charge in [-0.25, -0.2) is 0 Å². The molecule has 1 atom stereocenters. The molecule has 0 aliphatic heterocycles. The summed E-state index contributed by atoms with van der Waals surface area (Å²) in [5, 5.41) is 0. The van der Waals surface area contributed by atoms with E-state index in [2.05, 4.69) is 46.8 Å². The molecule has 0 saturated carbocycles. The molecular weight excluding hydrogens is 323 g/mol. The van der Waals surface area contributed by atoms with Crippen molar-refractivity contribution in [3.05, 3.63) is 12.2 Å². The van der Waals surface area contributed by atoms with E-state index in [0.29, 0.717) is 0 Å². The molecule has 0 fully saturated rings. The van der Waals surface area contributed by atoms with Gasteiger partial charge >= 0.3 is 121 Å². The third kappa shape index (κ3) is 6.63. The molecule has 0 aliphatic rings. The Hall–Kier alpha value is 0.539. The van der Waals surface area contributed by atoms with Gasteiger partial charge in [-0.3, -0.25) is 0 Å². The molecule has 0 bridgehead atoms. The minimum atomic E-state index is -1.91. The van der Waals surface area contributed by atoms with Crippen LogP contribution >= 0.6 is 0 Å². The summed E-state index contributed by atoms with van der Waals surface area (Å²) in [6, 6.07) is 0. The van der Waals surface area contributed by atoms with Gasteiger partial charge in [0.25, 0.3) is 0 Å². The molecule has 0 aromatic rings. The van der Waals surface area contributed by atoms with Crippen molar-refractivity contribution in [1.29, 1.82) is 0 Å². The van der Waals surface area contributed by atoms with Crippen molar-refractivity contribution in [3.8, 4) is 0 Å². The van der Waals surface area contributed by atoms with Gasteiger partial charge in [0.15, 0.2) is 0 Å². The van der Waals surface area contributed by atoms with Crippen LogP contribution in [-0.4, -0.2) is 18.4 Å². The van der Waals surface area contributed by atoms with Crippen LogP contribution in [0, 0.1) is 0 Å². The first kappa shape index (κ1) is 18.5. The molecule has 0 aliphatic carbocycles. The molecular formula is C17H36Sn. The molecule has 0 heterocycles. The summed E-state index contributed by atoms with van der Waals surface area (Å²) >= 11 is -1.91. The van der Waals surface area contributed by atoms with Gasteiger partial charge in [-0.15, -0.1) is 0 Å². The van der Waals surface area contributed by atoms with Crippen molar-refractivity contribution in [1.82, 2.24) is 0 Å². The molecule has 0 saturated heterocycles. The topological polar surface area (TPSA) is 0 Å². The molecule has 0 aromatic carbocycles. The normalized spacial score (nSPS) is 14.3. The molecule has 18 heavy (non-hydrogen) atoms. The second-order valence-electron chi connectivity index (χ2n) is 5.99. The SMILES string of the molecule is C/C=C\[CH](C)[Sn]([CH2]CCC)([CH2]CCC)[CH2]CCC. The van der Waals surface area contributed by atoms with Crippen molar-refractivity contribution in [2.75, 3.05) is 0 Å². The fraction of sp³-hybridized carbons (Fsp3) is 0.882. The Balaban J connectivity index is 4.83. The molecule has 0 nitrogen and oxygen atoms in total. The maximum absolute atomic E-state index is 2.54. The summed E-state index contributed by atoms with van der Waals surface area (Å²) in [6.07, 6.45) is 13.5. The first-order valence-electron chi connectivity index (χ1n) is 8.29. The first-order valence-corrected chi connectivity index (χ1v) is 16.0. The number of hydrogen-bond donors (Lipinski definition) is 0. The van der Waals surface area contributed by atoms with Crippen LogP contribution in [0.2, 0.25) is 17.2 Å². The summed E-state index contributed by atoms with van der Waals surface area (Å²) in [5.41, 5.74) is 0. The second kappa shape index (κ2) is 11.4. The van der Waals surface area contributed by atoms with Crippen LogP contribution in [0.4, 0.5) is 0 Å². The zero-order valence-electron chi connectivity index (χ0n) is 13.6. The predicted molar refractivity (Wildman–Crippen MR) is 89.1 cm³/mol. The Labute approximate surface area is 121 Å². The van der Waals surface area contributed by atoms with E-state index in [0.717, 1.165) is 3.93 Å². The van der Waals surface area contributed by atoms with Crippen LogP contribution in [0.1, 0.15) is 73.1 Å². The summed E-state index contributed by atoms with van der Waals surface area (Å²) in [4.78, 5) is 0. The number of allylic oxidation sites excluding steroid dienone is 2. The quantitative estimate of drug-likeness (QED) is 0.281. The molecule has 1 heteroatoms. The molecule has 0 amide bonds. The van der Waals surface area contributed by atoms with Crippen molar-refractivity contribution >= 4 is 18.4 Å². The Bertz CT molecular complexity index is 186. The molecule has 0 N–H and O–H groups in total. The summed E-state index contributed by atoms with van der Waals surface area (Å²) in [7, 11) is 0. The second-order valence-corrected chi connectivity index (χ2v) is 20.6. The van der Waals surface area contributed by atoms with E-state index >= 15 is 0 Å². The summed E-state index contributed by atoms with van der Waals surface area (Å²) in [5.74, 6) is 0. The van der Waals surface area contributed by atoms with Crippen LogP contribution in [0.15, 0.2) is 12.2 Å². The van der Waals surface area contributed by atoms with Gasteiger partial charge in [-0.2, -0.15) is 0 Å². The van der Waals surface area contributed by atoms with Crippen molar-refractivity contribution in [2.24, 2.45) is 0 Å². The molecule has 1 unspecified atom stereocenters. The zero-order chi connectivity index (χ0) is 13.9. The monoisotopic (exact) mass is 360 g/mol. The molecule has 0 rings (SSSR count). The predicted octanol–water partition coefficient (Wildman–Crippen LogP) is 6.80. The first-order chi connectivity index (χ1) is 8.66. The van der Waals surface area contributed by atoms with Crippen LogP contribution in [0.25, 0.3) is 0 Å². The van der Waals surface area contributed by atoms with E-state index in [-0.39, 0.29) is 0 Å². The Morgan fingerprint density at radius 1 is 0.833 bits per heavy atom. The van der Waals surface area contributed by atoms with E-state index in [4.69, 9.17) is 0 Å². The number of rotatable bonds is 11. The Kier molecular flexibility index (Phi) is 11.7. The molecule has 0 spiro atoms. The van der Waals surface area contributed by atoms with Gasteiger partial charge < -0.3 is 0 Å². The van der Waals surface area contributed by atoms with Gasteiger partial charge in [-0.1, -0.05) is 0 Å². The minimum absolute atomic E-state index is 0.953. The van der Waals surface area contributed by atoms with E-state index in [1.807, 2.05) is 0 Å². The maximum atomic E-state index is 2.54. The van der Waals surface area contributed by atoms with E-state index in [1.54, 1.807) is 13.3 Å². The van der Waals surface area contributed by atoms with E-state index in [1.165, 1.54) is 38.5 Å². The summed E-state index contributed by atoms with van der Waals surface area (Å²) < 4.78 is 5.86. The number of unbranched alkanes of at least 4 members (excludes halogenated alkanes) is 3. The van der Waals surface area contributed by atoms with Gasteiger partial charge in [0.05, 0.1) is 0 Å². The van der Waals surface area contributed by atoms with Crippen LogP contribution in [0.5, 0.6) is 0 Å². The van der Waals surface area contributed by atoms with Gasteiger partial charge in [0, 0.05) is 0 Å². The third-order valence-corrected chi connectivity index (χ3v) is 22.1. The Morgan fingerprint density at radius 3 is 1.50 bits per heavy atom. The Morgan fingerprint density at radius 2 is 1.22 bits per heavy atom. The van der Waals surface area contributed by atoms with Crippen molar-refractivity contribution < 1.29 is 0 Å². The average molecular weight is 359 g/mol. The fourth-order valence-corrected chi connectivity index (χ4v) is 19.9. The van der Waals surface area contributed by atoms with Gasteiger partial charge in [0.1, 0.15) is 0 Å². The van der Waals surface area contributed by atoms with Crippen molar-refractivity contribution in [2.45, 2.75) is 90.4 Å². The van der Waals surface area contributed by atoms with Crippen molar-refractivity contribution in [3.63, 3.8) is 0 Å². The van der Waals surface area contributed by atoms with Crippen LogP contribution in [0.3, 0.4) is 0 Å². The zero-order valence-corrected chi connectivity index (χ0v) is 16.5. The van der Waals surface area contributed by atoms with E-state index in [9.17, 15) is 0 Å². The van der Waals surface area contributed by atoms with Crippen LogP contribution in [-0.2, 0) is 0 Å². The van der Waals surface area contributed by atoms with Crippen LogP contribution < -0.4 is 0 Å². The number of hydrogen-bond acceptors (Lipinski definition) is 0. The molecule has 0 radical (unpaired) electrons. The third-order valence-electron chi connectivity index (χ3n) is 4.53. The average Bonchev–Trinajstić information content (AvgIpc) is 2.38. The molecule has 0 aromatic heterocycles. The summed E-state index contributed by atoms with van der Waals surface area (Å²) in [6.45, 7) is 11.8. The standard InChI is InChI=1S/C5H9.3C4H9.Sn/c1-3-5-4-2;3*1-3-4-2;/h3-5H,1-2H3;3*1,3-4H2,2H3;/b5-3-;;;;. The van der Waals surface area contributed by atoms with Gasteiger partial charge in [-0.05, 0) is 0 Å². The van der Waals surface area contributed by atoms with Gasteiger partial charge in [0.2, 0.25) is 0 Å². The molecule has 108 valence electrons. The van der Waals surface area contributed by atoms with E-state index < -0.39 is 18.4 Å². The fourth-order valence-electron chi connectivity index (χ4n) is 3.14.